The third kappa shape index (κ3) is 7.83. The Morgan fingerprint density at radius 3 is 1.88 bits per heavy atom. The maximum Gasteiger partial charge on any atom is 0.408 e. The number of alkyl carbamates (subject to hydrolysis) is 1. The van der Waals surface area contributed by atoms with Crippen molar-refractivity contribution in [3.8, 4) is 0 Å². The average Bonchev–Trinajstić information content (AvgIpc) is 2.65. The summed E-state index contributed by atoms with van der Waals surface area (Å²) in [6.45, 7) is 4.75. The van der Waals surface area contributed by atoms with Crippen molar-refractivity contribution in [3.05, 3.63) is 48.5 Å². The first-order valence-corrected chi connectivity index (χ1v) is 12.2. The number of carbonyl (C=O) groups excluding carboxylic acids is 2. The van der Waals surface area contributed by atoms with Gasteiger partial charge in [0.05, 0.1) is 9.79 Å². The second kappa shape index (κ2) is 9.54. The molecule has 0 radical (unpaired) electrons. The monoisotopic (exact) mass is 484 g/mol. The molecule has 0 aromatic heterocycles. The van der Waals surface area contributed by atoms with Crippen molar-refractivity contribution in [1.82, 2.24) is 5.32 Å². The molecule has 174 valence electrons. The minimum atomic E-state index is -3.96. The minimum absolute atomic E-state index is 0.0853. The molecule has 5 N–H and O–H groups in total. The van der Waals surface area contributed by atoms with Crippen molar-refractivity contribution in [2.75, 3.05) is 16.6 Å². The van der Waals surface area contributed by atoms with E-state index in [9.17, 15) is 26.4 Å². The van der Waals surface area contributed by atoms with E-state index in [-0.39, 0.29) is 22.0 Å². The number of primary sulfonamides is 1. The van der Waals surface area contributed by atoms with E-state index in [1.165, 1.54) is 48.5 Å². The first-order valence-electron chi connectivity index (χ1n) is 9.18. The number of nitrogens with two attached hydrogens (primary N) is 1. The number of hydrogen-bond acceptors (Lipinski definition) is 7. The fourth-order valence-electron chi connectivity index (χ4n) is 2.32. The summed E-state index contributed by atoms with van der Waals surface area (Å²) in [5, 5.41) is 9.83. The third-order valence-electron chi connectivity index (χ3n) is 3.68. The van der Waals surface area contributed by atoms with E-state index in [2.05, 4.69) is 15.4 Å². The topological polar surface area (TPSA) is 174 Å². The summed E-state index contributed by atoms with van der Waals surface area (Å²) < 4.78 is 54.9. The van der Waals surface area contributed by atoms with E-state index >= 15 is 0 Å². The van der Waals surface area contributed by atoms with E-state index in [4.69, 9.17) is 9.88 Å². The van der Waals surface area contributed by atoms with Gasteiger partial charge in [-0.25, -0.2) is 26.8 Å². The van der Waals surface area contributed by atoms with Crippen LogP contribution in [-0.2, 0) is 29.6 Å². The lowest BCUT2D eigenvalue weighted by Crippen LogP contribution is -2.37. The summed E-state index contributed by atoms with van der Waals surface area (Å²) >= 11 is 0. The van der Waals surface area contributed by atoms with Gasteiger partial charge in [0, 0.05) is 11.4 Å². The molecule has 0 aliphatic rings. The summed E-state index contributed by atoms with van der Waals surface area (Å²) in [5.41, 5.74) is -0.236. The van der Waals surface area contributed by atoms with Gasteiger partial charge in [-0.05, 0) is 69.3 Å². The molecule has 0 unspecified atom stereocenters. The normalized spacial score (nSPS) is 12.0. The van der Waals surface area contributed by atoms with Crippen molar-refractivity contribution in [3.63, 3.8) is 0 Å². The zero-order valence-corrected chi connectivity index (χ0v) is 19.2. The van der Waals surface area contributed by atoms with E-state index in [1.807, 2.05) is 0 Å². The molecule has 32 heavy (non-hydrogen) atoms. The van der Waals surface area contributed by atoms with Crippen LogP contribution < -0.4 is 20.5 Å². The van der Waals surface area contributed by atoms with Gasteiger partial charge >= 0.3 is 6.09 Å². The van der Waals surface area contributed by atoms with Crippen LogP contribution in [0, 0.1) is 0 Å². The van der Waals surface area contributed by atoms with Gasteiger partial charge < -0.3 is 15.4 Å². The van der Waals surface area contributed by atoms with Crippen LogP contribution in [0.5, 0.6) is 0 Å². The Hall–Kier alpha value is -3.16. The summed E-state index contributed by atoms with van der Waals surface area (Å²) in [5.74, 6) is -0.528. The molecule has 0 bridgehead atoms. The van der Waals surface area contributed by atoms with E-state index < -0.39 is 37.6 Å². The number of ether oxygens (including phenoxy) is 1. The highest BCUT2D eigenvalue weighted by Crippen LogP contribution is 2.19. The number of nitrogens with one attached hydrogen (secondary N) is 3. The van der Waals surface area contributed by atoms with Gasteiger partial charge in [-0.1, -0.05) is 0 Å². The lowest BCUT2D eigenvalue weighted by atomic mass is 10.2. The number of carbonyl (C=O) groups is 2. The standard InChI is InChI=1S/C19H24N4O7S2/c1-19(2,3)30-18(25)21-12-17(24)22-13-4-10-16(11-5-13)32(28,29)23-14-6-8-15(9-7-14)31(20,26)27/h4-11,23H,12H2,1-3H3,(H,21,25)(H,22,24)(H2,20,26,27). The Kier molecular flexibility index (Phi) is 7.49. The Balaban J connectivity index is 1.97. The summed E-state index contributed by atoms with van der Waals surface area (Å²) in [7, 11) is -7.85. The Bertz CT molecular complexity index is 1190. The summed E-state index contributed by atoms with van der Waals surface area (Å²) in [4.78, 5) is 23.3. The highest BCUT2D eigenvalue weighted by atomic mass is 32.2. The Labute approximate surface area is 186 Å². The lowest BCUT2D eigenvalue weighted by Gasteiger charge is -2.19. The minimum Gasteiger partial charge on any atom is -0.444 e. The van der Waals surface area contributed by atoms with Gasteiger partial charge in [0.15, 0.2) is 0 Å². The molecule has 0 spiro atoms. The SMILES string of the molecule is CC(C)(C)OC(=O)NCC(=O)Nc1ccc(S(=O)(=O)Nc2ccc(S(N)(=O)=O)cc2)cc1. The van der Waals surface area contributed by atoms with Crippen LogP contribution >= 0.6 is 0 Å². The van der Waals surface area contributed by atoms with Crippen LogP contribution in [0.25, 0.3) is 0 Å². The highest BCUT2D eigenvalue weighted by Gasteiger charge is 2.17. The average molecular weight is 485 g/mol. The summed E-state index contributed by atoms with van der Waals surface area (Å²) in [6.07, 6.45) is -0.739. The van der Waals surface area contributed by atoms with Crippen molar-refractivity contribution < 1.29 is 31.2 Å². The van der Waals surface area contributed by atoms with Crippen LogP contribution in [0.1, 0.15) is 20.8 Å². The third-order valence-corrected chi connectivity index (χ3v) is 6.00. The maximum atomic E-state index is 12.5. The number of rotatable bonds is 7. The van der Waals surface area contributed by atoms with E-state index in [0.29, 0.717) is 5.69 Å². The van der Waals surface area contributed by atoms with E-state index in [0.717, 1.165) is 0 Å². The molecular weight excluding hydrogens is 460 g/mol. The maximum absolute atomic E-state index is 12.5. The molecule has 0 fully saturated rings. The van der Waals surface area contributed by atoms with Crippen LogP contribution in [0.3, 0.4) is 0 Å². The van der Waals surface area contributed by atoms with Gasteiger partial charge in [0.25, 0.3) is 10.0 Å². The van der Waals surface area contributed by atoms with Gasteiger partial charge in [-0.15, -0.1) is 0 Å². The highest BCUT2D eigenvalue weighted by molar-refractivity contribution is 7.92. The largest absolute Gasteiger partial charge is 0.444 e. The zero-order chi connectivity index (χ0) is 24.2. The van der Waals surface area contributed by atoms with Crippen LogP contribution in [0.2, 0.25) is 0 Å². The molecule has 0 aliphatic heterocycles. The predicted octanol–water partition coefficient (Wildman–Crippen LogP) is 1.60. The first-order chi connectivity index (χ1) is 14.7. The van der Waals surface area contributed by atoms with Crippen LogP contribution in [-0.4, -0.2) is 41.0 Å². The smallest absolute Gasteiger partial charge is 0.408 e. The molecule has 2 amide bonds. The second-order valence-electron chi connectivity index (χ2n) is 7.60. The predicted molar refractivity (Wildman–Crippen MR) is 118 cm³/mol. The molecule has 0 saturated heterocycles. The molecule has 0 atom stereocenters. The van der Waals surface area contributed by atoms with Crippen molar-refractivity contribution in [2.24, 2.45) is 5.14 Å². The molecule has 0 aliphatic carbocycles. The van der Waals surface area contributed by atoms with Gasteiger partial charge in [-0.2, -0.15) is 0 Å². The molecule has 0 heterocycles. The molecule has 0 saturated carbocycles. The molecular formula is C19H24N4O7S2. The van der Waals surface area contributed by atoms with Gasteiger partial charge in [-0.3, -0.25) is 9.52 Å². The second-order valence-corrected chi connectivity index (χ2v) is 10.8. The number of sulfonamides is 2. The van der Waals surface area contributed by atoms with Crippen molar-refractivity contribution in [1.29, 1.82) is 0 Å². The van der Waals surface area contributed by atoms with Crippen LogP contribution in [0.15, 0.2) is 58.3 Å². The molecule has 2 aromatic carbocycles. The fourth-order valence-corrected chi connectivity index (χ4v) is 3.89. The van der Waals surface area contributed by atoms with Gasteiger partial charge in [0.1, 0.15) is 12.1 Å². The lowest BCUT2D eigenvalue weighted by molar-refractivity contribution is -0.115. The number of hydrogen-bond donors (Lipinski definition) is 4. The van der Waals surface area contributed by atoms with Crippen molar-refractivity contribution in [2.45, 2.75) is 36.2 Å². The number of amides is 2. The number of anilines is 2. The molecule has 2 rings (SSSR count). The fraction of sp³-hybridized carbons (Fsp3) is 0.263. The Morgan fingerprint density at radius 1 is 0.875 bits per heavy atom. The Morgan fingerprint density at radius 2 is 1.38 bits per heavy atom. The number of benzene rings is 2. The van der Waals surface area contributed by atoms with Crippen LogP contribution in [0.4, 0.5) is 16.2 Å². The molecule has 11 nitrogen and oxygen atoms in total. The van der Waals surface area contributed by atoms with E-state index in [1.54, 1.807) is 20.8 Å². The molecule has 2 aromatic rings. The van der Waals surface area contributed by atoms with Crippen molar-refractivity contribution >= 4 is 43.4 Å². The summed E-state index contributed by atoms with van der Waals surface area (Å²) in [6, 6.07) is 10.2. The molecule has 13 heteroatoms. The quantitative estimate of drug-likeness (QED) is 0.461. The van der Waals surface area contributed by atoms with Gasteiger partial charge in [0.2, 0.25) is 15.9 Å². The first kappa shape index (κ1) is 25.1. The zero-order valence-electron chi connectivity index (χ0n) is 17.6.